The second-order valence-electron chi connectivity index (χ2n) is 8.72. The third-order valence-corrected chi connectivity index (χ3v) is 6.03. The Balaban J connectivity index is 1.89. The Kier molecular flexibility index (Phi) is 8.17. The number of carboxylic acids is 1. The molecular weight excluding hydrogens is 414 g/mol. The highest BCUT2D eigenvalue weighted by atomic mass is 16.4. The van der Waals surface area contributed by atoms with Crippen LogP contribution in [0.5, 0.6) is 0 Å². The maximum atomic E-state index is 12.5. The summed E-state index contributed by atoms with van der Waals surface area (Å²) < 4.78 is 1.74. The molecule has 0 fully saturated rings. The molecule has 33 heavy (non-hydrogen) atoms. The fourth-order valence-electron chi connectivity index (χ4n) is 4.38. The van der Waals surface area contributed by atoms with Crippen LogP contribution in [0.15, 0.2) is 59.8 Å². The molecule has 0 aliphatic rings. The molecule has 6 heteroatoms. The molecule has 2 N–H and O–H groups in total. The molecule has 0 radical (unpaired) electrons. The van der Waals surface area contributed by atoms with Crippen molar-refractivity contribution < 1.29 is 9.90 Å². The zero-order valence-electron chi connectivity index (χ0n) is 19.8. The molecule has 0 saturated heterocycles. The Morgan fingerprint density at radius 2 is 1.85 bits per heavy atom. The van der Waals surface area contributed by atoms with Crippen LogP contribution >= 0.6 is 0 Å². The summed E-state index contributed by atoms with van der Waals surface area (Å²) in [5.41, 5.74) is 6.11. The Bertz CT molecular complexity index is 1150. The Hall–Kier alpha value is -3.25. The lowest BCUT2D eigenvalue weighted by Crippen LogP contribution is -2.34. The first-order chi connectivity index (χ1) is 15.8. The van der Waals surface area contributed by atoms with Crippen molar-refractivity contribution in [3.8, 4) is 11.1 Å². The number of hydrogen-bond donors (Lipinski definition) is 2. The molecule has 6 nitrogen and oxygen atoms in total. The molecule has 174 valence electrons. The first-order valence-electron chi connectivity index (χ1n) is 11.5. The largest absolute Gasteiger partial charge is 0.481 e. The lowest BCUT2D eigenvalue weighted by atomic mass is 9.94. The fraction of sp³-hybridized carbons (Fsp3) is 0.370. The van der Waals surface area contributed by atoms with Gasteiger partial charge in [-0.1, -0.05) is 31.5 Å². The number of rotatable bonds is 10. The fourth-order valence-corrected chi connectivity index (χ4v) is 4.38. The van der Waals surface area contributed by atoms with Gasteiger partial charge in [-0.15, -0.1) is 0 Å². The van der Waals surface area contributed by atoms with E-state index in [4.69, 9.17) is 0 Å². The quantitative estimate of drug-likeness (QED) is 0.458. The van der Waals surface area contributed by atoms with E-state index in [1.54, 1.807) is 16.8 Å². The number of hydrogen-bond acceptors (Lipinski definition) is 4. The number of carbonyl (C=O) groups is 1. The second kappa shape index (κ2) is 11.1. The van der Waals surface area contributed by atoms with Crippen LogP contribution in [-0.4, -0.2) is 27.2 Å². The lowest BCUT2D eigenvalue weighted by Gasteiger charge is -2.24. The van der Waals surface area contributed by atoms with Crippen LogP contribution in [-0.2, 0) is 4.79 Å². The van der Waals surface area contributed by atoms with Gasteiger partial charge in [0.1, 0.15) is 0 Å². The van der Waals surface area contributed by atoms with Gasteiger partial charge in [0.05, 0.1) is 6.42 Å². The molecule has 3 aromatic rings. The first-order valence-corrected chi connectivity index (χ1v) is 11.5. The van der Waals surface area contributed by atoms with Crippen LogP contribution in [0.1, 0.15) is 60.5 Å². The minimum absolute atomic E-state index is 0.0382. The summed E-state index contributed by atoms with van der Waals surface area (Å²) in [7, 11) is 0. The van der Waals surface area contributed by atoms with E-state index in [0.29, 0.717) is 6.54 Å². The molecule has 2 heterocycles. The lowest BCUT2D eigenvalue weighted by molar-refractivity contribution is -0.137. The Morgan fingerprint density at radius 1 is 1.12 bits per heavy atom. The molecular formula is C27H33N3O3. The van der Waals surface area contributed by atoms with Gasteiger partial charge >= 0.3 is 5.97 Å². The van der Waals surface area contributed by atoms with E-state index in [1.165, 1.54) is 0 Å². The van der Waals surface area contributed by atoms with Gasteiger partial charge < -0.3 is 15.0 Å². The Morgan fingerprint density at radius 3 is 2.48 bits per heavy atom. The summed E-state index contributed by atoms with van der Waals surface area (Å²) in [5.74, 6) is -0.885. The molecule has 2 aromatic heterocycles. The average Bonchev–Trinajstić information content (AvgIpc) is 2.76. The third kappa shape index (κ3) is 6.17. The highest BCUT2D eigenvalue weighted by Crippen LogP contribution is 2.29. The van der Waals surface area contributed by atoms with Gasteiger partial charge in [0.25, 0.3) is 5.56 Å². The minimum Gasteiger partial charge on any atom is -0.481 e. The van der Waals surface area contributed by atoms with E-state index in [9.17, 15) is 14.7 Å². The van der Waals surface area contributed by atoms with E-state index >= 15 is 0 Å². The normalized spacial score (nSPS) is 13.0. The van der Waals surface area contributed by atoms with E-state index < -0.39 is 12.0 Å². The minimum atomic E-state index is -0.885. The molecule has 1 unspecified atom stereocenters. The van der Waals surface area contributed by atoms with Crippen molar-refractivity contribution in [2.45, 2.75) is 59.0 Å². The summed E-state index contributed by atoms with van der Waals surface area (Å²) >= 11 is 0. The Labute approximate surface area is 195 Å². The molecule has 2 atom stereocenters. The molecule has 1 aromatic carbocycles. The molecule has 0 bridgehead atoms. The van der Waals surface area contributed by atoms with Gasteiger partial charge in [0, 0.05) is 48.8 Å². The van der Waals surface area contributed by atoms with Crippen molar-refractivity contribution in [1.82, 2.24) is 14.9 Å². The number of aryl methyl sites for hydroxylation is 3. The topological polar surface area (TPSA) is 84.2 Å². The van der Waals surface area contributed by atoms with Gasteiger partial charge in [0.2, 0.25) is 0 Å². The van der Waals surface area contributed by atoms with Crippen molar-refractivity contribution in [3.05, 3.63) is 87.6 Å². The summed E-state index contributed by atoms with van der Waals surface area (Å²) in [6, 6.07) is 11.3. The van der Waals surface area contributed by atoms with Gasteiger partial charge in [-0.2, -0.15) is 0 Å². The van der Waals surface area contributed by atoms with E-state index in [1.807, 2.05) is 37.5 Å². The number of nitrogens with zero attached hydrogens (tertiary/aromatic N) is 2. The maximum absolute atomic E-state index is 12.5. The molecule has 3 rings (SSSR count). The number of aromatic nitrogens is 2. The van der Waals surface area contributed by atoms with Gasteiger partial charge in [-0.25, -0.2) is 0 Å². The number of aliphatic carboxylic acids is 1. The molecule has 0 aliphatic carbocycles. The summed E-state index contributed by atoms with van der Waals surface area (Å²) in [4.78, 5) is 28.6. The second-order valence-corrected chi connectivity index (χ2v) is 8.72. The highest BCUT2D eigenvalue weighted by molar-refractivity contribution is 5.71. The van der Waals surface area contributed by atoms with Gasteiger partial charge in [-0.05, 0) is 67.1 Å². The van der Waals surface area contributed by atoms with Crippen molar-refractivity contribution in [3.63, 3.8) is 0 Å². The summed E-state index contributed by atoms with van der Waals surface area (Å²) in [5, 5.41) is 13.0. The van der Waals surface area contributed by atoms with Crippen molar-refractivity contribution in [2.24, 2.45) is 0 Å². The van der Waals surface area contributed by atoms with Crippen LogP contribution < -0.4 is 10.9 Å². The summed E-state index contributed by atoms with van der Waals surface area (Å²) in [6.45, 7) is 8.60. The smallest absolute Gasteiger partial charge is 0.305 e. The van der Waals surface area contributed by atoms with Crippen molar-refractivity contribution in [2.75, 3.05) is 6.54 Å². The monoisotopic (exact) mass is 447 g/mol. The number of carboxylic acid groups (broad SMARTS) is 1. The maximum Gasteiger partial charge on any atom is 0.305 e. The first kappa shape index (κ1) is 24.4. The van der Waals surface area contributed by atoms with Gasteiger partial charge in [-0.3, -0.25) is 14.6 Å². The standard InChI is InChI=1S/C27H33N3O3/c1-5-7-23(30-11-10-18(2)12-25(30)31)17-29-24(14-26(32)33)21-13-22(16-28-15-21)27-19(3)8-6-9-20(27)4/h6,8-13,15-16,23-24,29H,5,7,14,17H2,1-4H3,(H,32,33)/t23?,24-/m0/s1. The van der Waals surface area contributed by atoms with Crippen LogP contribution in [0.2, 0.25) is 0 Å². The molecule has 0 amide bonds. The van der Waals surface area contributed by atoms with E-state index in [0.717, 1.165) is 46.2 Å². The molecule has 0 spiro atoms. The average molecular weight is 448 g/mol. The van der Waals surface area contributed by atoms with Gasteiger partial charge in [0.15, 0.2) is 0 Å². The predicted molar refractivity (Wildman–Crippen MR) is 132 cm³/mol. The SMILES string of the molecule is CCCC(CN[C@@H](CC(=O)O)c1cncc(-c2c(C)cccc2C)c1)n1ccc(C)cc1=O. The highest BCUT2D eigenvalue weighted by Gasteiger charge is 2.20. The summed E-state index contributed by atoms with van der Waals surface area (Å²) in [6.07, 6.45) is 7.04. The zero-order chi connectivity index (χ0) is 24.0. The van der Waals surface area contributed by atoms with Crippen molar-refractivity contribution >= 4 is 5.97 Å². The van der Waals surface area contributed by atoms with Crippen LogP contribution in [0, 0.1) is 20.8 Å². The number of pyridine rings is 2. The van der Waals surface area contributed by atoms with E-state index in [-0.39, 0.29) is 18.0 Å². The third-order valence-electron chi connectivity index (χ3n) is 6.03. The number of nitrogens with one attached hydrogen (secondary N) is 1. The number of benzene rings is 1. The van der Waals surface area contributed by atoms with E-state index in [2.05, 4.69) is 43.2 Å². The van der Waals surface area contributed by atoms with Crippen LogP contribution in [0.4, 0.5) is 0 Å². The van der Waals surface area contributed by atoms with Crippen LogP contribution in [0.25, 0.3) is 11.1 Å². The molecule has 0 aliphatic heterocycles. The zero-order valence-corrected chi connectivity index (χ0v) is 19.8. The molecule has 0 saturated carbocycles. The van der Waals surface area contributed by atoms with Crippen LogP contribution in [0.3, 0.4) is 0 Å². The predicted octanol–water partition coefficient (Wildman–Crippen LogP) is 4.98. The van der Waals surface area contributed by atoms with Crippen molar-refractivity contribution in [1.29, 1.82) is 0 Å².